The monoisotopic (exact) mass is 644 g/mol. The van der Waals surface area contributed by atoms with Crippen LogP contribution in [0.3, 0.4) is 0 Å². The Bertz CT molecular complexity index is 1020. The second-order valence-electron chi connectivity index (χ2n) is 12.3. The Morgan fingerprint density at radius 1 is 0.707 bits per heavy atom. The number of alkyl halides is 1. The van der Waals surface area contributed by atoms with Gasteiger partial charge in [0.15, 0.2) is 5.79 Å². The molecule has 0 aliphatic carbocycles. The van der Waals surface area contributed by atoms with Crippen molar-refractivity contribution in [2.75, 3.05) is 18.5 Å². The largest absolute Gasteiger partial charge is 0.346 e. The summed E-state index contributed by atoms with van der Waals surface area (Å²) in [5.41, 5.74) is 8.24. The standard InChI is InChI=1S/C37H61BrO2Si/c1-10-17-25-39-37(40-26-18-11-2,29-41(14-5,15-6)16-7)35-22-21-34(28-31(35)9)36(12-3,13-4)33-20-19-32(23-24-38)30(8)27-33/h19-22,27-28H,10-18,23-26,29H2,1-9H3. The molecule has 0 N–H and O–H groups in total. The van der Waals surface area contributed by atoms with Crippen molar-refractivity contribution in [3.63, 3.8) is 0 Å². The van der Waals surface area contributed by atoms with Crippen molar-refractivity contribution < 1.29 is 9.47 Å². The van der Waals surface area contributed by atoms with Gasteiger partial charge < -0.3 is 9.47 Å². The van der Waals surface area contributed by atoms with E-state index in [1.807, 2.05) is 0 Å². The van der Waals surface area contributed by atoms with E-state index in [0.717, 1.165) is 69.5 Å². The van der Waals surface area contributed by atoms with Gasteiger partial charge in [-0.3, -0.25) is 0 Å². The maximum Gasteiger partial charge on any atom is 0.192 e. The Morgan fingerprint density at radius 2 is 1.22 bits per heavy atom. The summed E-state index contributed by atoms with van der Waals surface area (Å²) in [6.07, 6.45) is 7.60. The topological polar surface area (TPSA) is 18.5 Å². The van der Waals surface area contributed by atoms with Crippen molar-refractivity contribution in [1.29, 1.82) is 0 Å². The van der Waals surface area contributed by atoms with Crippen LogP contribution in [0.2, 0.25) is 24.2 Å². The van der Waals surface area contributed by atoms with Crippen LogP contribution in [0.25, 0.3) is 0 Å². The predicted octanol–water partition coefficient (Wildman–Crippen LogP) is 11.6. The van der Waals surface area contributed by atoms with Gasteiger partial charge in [0.25, 0.3) is 0 Å². The molecule has 0 aliphatic rings. The van der Waals surface area contributed by atoms with Crippen LogP contribution in [0, 0.1) is 13.8 Å². The third-order valence-corrected chi connectivity index (χ3v) is 16.3. The molecular weight excluding hydrogens is 584 g/mol. The normalized spacial score (nSPS) is 12.7. The SMILES string of the molecule is CCCCOC(C[Si](CC)(CC)CC)(OCCCC)c1ccc(C(CC)(CC)c2ccc(CCBr)c(C)c2)cc1C. The first kappa shape index (κ1) is 36.2. The zero-order valence-electron chi connectivity index (χ0n) is 28.1. The lowest BCUT2D eigenvalue weighted by atomic mass is 9.69. The molecule has 0 atom stereocenters. The Morgan fingerprint density at radius 3 is 1.63 bits per heavy atom. The van der Waals surface area contributed by atoms with Crippen LogP contribution in [-0.2, 0) is 27.1 Å². The van der Waals surface area contributed by atoms with Crippen LogP contribution in [0.5, 0.6) is 0 Å². The summed E-state index contributed by atoms with van der Waals surface area (Å²) in [4.78, 5) is 0. The Kier molecular flexibility index (Phi) is 15.4. The van der Waals surface area contributed by atoms with E-state index in [1.54, 1.807) is 0 Å². The molecule has 0 radical (unpaired) electrons. The van der Waals surface area contributed by atoms with Crippen molar-refractivity contribution in [1.82, 2.24) is 0 Å². The maximum atomic E-state index is 6.97. The van der Waals surface area contributed by atoms with E-state index in [0.29, 0.717) is 0 Å². The molecule has 2 rings (SSSR count). The van der Waals surface area contributed by atoms with E-state index in [4.69, 9.17) is 9.47 Å². The second kappa shape index (κ2) is 17.4. The highest BCUT2D eigenvalue weighted by atomic mass is 79.9. The van der Waals surface area contributed by atoms with Crippen molar-refractivity contribution >= 4 is 24.0 Å². The molecule has 0 heterocycles. The zero-order chi connectivity index (χ0) is 30.5. The zero-order valence-corrected chi connectivity index (χ0v) is 30.6. The molecule has 0 bridgehead atoms. The molecule has 0 saturated carbocycles. The summed E-state index contributed by atoms with van der Waals surface area (Å²) in [6, 6.07) is 19.3. The number of rotatable bonds is 20. The predicted molar refractivity (Wildman–Crippen MR) is 187 cm³/mol. The number of aryl methyl sites for hydroxylation is 3. The summed E-state index contributed by atoms with van der Waals surface area (Å²) in [5, 5.41) is 1.00. The summed E-state index contributed by atoms with van der Waals surface area (Å²) in [5.74, 6) is -0.657. The Labute approximate surface area is 263 Å². The molecule has 4 heteroatoms. The van der Waals surface area contributed by atoms with E-state index in [9.17, 15) is 0 Å². The van der Waals surface area contributed by atoms with Crippen LogP contribution < -0.4 is 0 Å². The average molecular weight is 646 g/mol. The molecule has 0 fully saturated rings. The van der Waals surface area contributed by atoms with Crippen LogP contribution >= 0.6 is 15.9 Å². The van der Waals surface area contributed by atoms with E-state index < -0.39 is 13.9 Å². The third-order valence-electron chi connectivity index (χ3n) is 10.2. The number of hydrogen-bond donors (Lipinski definition) is 0. The van der Waals surface area contributed by atoms with E-state index in [-0.39, 0.29) is 5.41 Å². The molecule has 2 aromatic rings. The summed E-state index contributed by atoms with van der Waals surface area (Å²) < 4.78 is 13.9. The van der Waals surface area contributed by atoms with E-state index in [2.05, 4.69) is 115 Å². The molecular formula is C37H61BrO2Si. The number of ether oxygens (including phenoxy) is 2. The smallest absolute Gasteiger partial charge is 0.192 e. The van der Waals surface area contributed by atoms with Gasteiger partial charge in [0.05, 0.1) is 21.3 Å². The van der Waals surface area contributed by atoms with Crippen molar-refractivity contribution in [3.8, 4) is 0 Å². The number of unbranched alkanes of at least 4 members (excludes halogenated alkanes) is 2. The van der Waals surface area contributed by atoms with Gasteiger partial charge in [-0.25, -0.2) is 0 Å². The lowest BCUT2D eigenvalue weighted by Gasteiger charge is -2.43. The van der Waals surface area contributed by atoms with E-state index in [1.165, 1.54) is 51.5 Å². The summed E-state index contributed by atoms with van der Waals surface area (Å²) >= 11 is 3.63. The van der Waals surface area contributed by atoms with Crippen LogP contribution in [0.15, 0.2) is 36.4 Å². The molecule has 232 valence electrons. The fourth-order valence-corrected chi connectivity index (χ4v) is 10.8. The summed E-state index contributed by atoms with van der Waals surface area (Å²) in [7, 11) is -1.57. The van der Waals surface area contributed by atoms with Gasteiger partial charge in [0.2, 0.25) is 0 Å². The Hall–Kier alpha value is -0.943. The fraction of sp³-hybridized carbons (Fsp3) is 0.676. The minimum Gasteiger partial charge on any atom is -0.346 e. The van der Waals surface area contributed by atoms with Gasteiger partial charge in [-0.2, -0.15) is 0 Å². The molecule has 0 aliphatic heterocycles. The highest BCUT2D eigenvalue weighted by Gasteiger charge is 2.44. The average Bonchev–Trinajstić information content (AvgIpc) is 2.98. The molecule has 2 nitrogen and oxygen atoms in total. The van der Waals surface area contributed by atoms with Gasteiger partial charge in [-0.15, -0.1) is 0 Å². The first-order valence-electron chi connectivity index (χ1n) is 16.8. The Balaban J connectivity index is 2.70. The third kappa shape index (κ3) is 8.58. The minimum absolute atomic E-state index is 0.00938. The van der Waals surface area contributed by atoms with Crippen LogP contribution in [-0.4, -0.2) is 26.6 Å². The molecule has 2 aromatic carbocycles. The van der Waals surface area contributed by atoms with Gasteiger partial charge >= 0.3 is 0 Å². The maximum absolute atomic E-state index is 6.97. The number of hydrogen-bond acceptors (Lipinski definition) is 2. The number of halogens is 1. The first-order valence-corrected chi connectivity index (χ1v) is 20.7. The highest BCUT2D eigenvalue weighted by Crippen LogP contribution is 2.45. The quantitative estimate of drug-likeness (QED) is 0.0617. The molecule has 0 aromatic heterocycles. The van der Waals surface area contributed by atoms with Crippen molar-refractivity contribution in [2.45, 2.75) is 143 Å². The number of benzene rings is 2. The van der Waals surface area contributed by atoms with Gasteiger partial charge in [-0.05, 0) is 73.8 Å². The minimum atomic E-state index is -1.57. The van der Waals surface area contributed by atoms with Crippen LogP contribution in [0.1, 0.15) is 120 Å². The first-order chi connectivity index (χ1) is 19.7. The lowest BCUT2D eigenvalue weighted by molar-refractivity contribution is -0.236. The van der Waals surface area contributed by atoms with Crippen molar-refractivity contribution in [2.24, 2.45) is 0 Å². The van der Waals surface area contributed by atoms with Crippen molar-refractivity contribution in [3.05, 3.63) is 69.8 Å². The van der Waals surface area contributed by atoms with Gasteiger partial charge in [0.1, 0.15) is 0 Å². The second-order valence-corrected chi connectivity index (χ2v) is 18.6. The molecule has 0 unspecified atom stereocenters. The summed E-state index contributed by atoms with van der Waals surface area (Å²) in [6.45, 7) is 22.5. The molecule has 0 saturated heterocycles. The highest BCUT2D eigenvalue weighted by molar-refractivity contribution is 9.09. The van der Waals surface area contributed by atoms with Crippen LogP contribution in [0.4, 0.5) is 0 Å². The molecule has 0 spiro atoms. The molecule has 41 heavy (non-hydrogen) atoms. The lowest BCUT2D eigenvalue weighted by Crippen LogP contribution is -2.45. The van der Waals surface area contributed by atoms with Gasteiger partial charge in [-0.1, -0.05) is 132 Å². The molecule has 0 amide bonds. The van der Waals surface area contributed by atoms with Gasteiger partial charge in [0, 0.05) is 22.4 Å². The fourth-order valence-electron chi connectivity index (χ4n) is 6.77. The van der Waals surface area contributed by atoms with E-state index >= 15 is 0 Å².